The van der Waals surface area contributed by atoms with Crippen LogP contribution in [-0.2, 0) is 10.0 Å². The van der Waals surface area contributed by atoms with Crippen LogP contribution in [0.5, 0.6) is 0 Å². The molecular formula is C15H14ClFN2O3S. The van der Waals surface area contributed by atoms with Gasteiger partial charge in [0.15, 0.2) is 0 Å². The summed E-state index contributed by atoms with van der Waals surface area (Å²) < 4.78 is 38.1. The average molecular weight is 357 g/mol. The molecule has 2 rings (SSSR count). The van der Waals surface area contributed by atoms with Crippen LogP contribution < -0.4 is 10.0 Å². The van der Waals surface area contributed by atoms with Crippen LogP contribution in [0, 0.1) is 12.7 Å². The first-order valence-corrected chi connectivity index (χ1v) is 8.77. The molecule has 0 unspecified atom stereocenters. The van der Waals surface area contributed by atoms with E-state index in [9.17, 15) is 17.6 Å². The second-order valence-corrected chi connectivity index (χ2v) is 7.14. The highest BCUT2D eigenvalue weighted by atomic mass is 35.5. The molecular weight excluding hydrogens is 343 g/mol. The van der Waals surface area contributed by atoms with Crippen LogP contribution in [0.3, 0.4) is 0 Å². The van der Waals surface area contributed by atoms with Gasteiger partial charge in [0.2, 0.25) is 10.0 Å². The van der Waals surface area contributed by atoms with Gasteiger partial charge in [0.1, 0.15) is 5.82 Å². The van der Waals surface area contributed by atoms with Gasteiger partial charge in [-0.3, -0.25) is 9.52 Å². The highest BCUT2D eigenvalue weighted by Crippen LogP contribution is 2.22. The summed E-state index contributed by atoms with van der Waals surface area (Å²) in [4.78, 5) is 12.2. The third kappa shape index (κ3) is 4.67. The number of carbonyl (C=O) groups is 1. The molecule has 0 aliphatic heterocycles. The lowest BCUT2D eigenvalue weighted by atomic mass is 10.1. The van der Waals surface area contributed by atoms with Gasteiger partial charge in [0, 0.05) is 11.3 Å². The predicted molar refractivity (Wildman–Crippen MR) is 89.0 cm³/mol. The lowest BCUT2D eigenvalue weighted by Gasteiger charge is -2.11. The molecule has 2 aromatic rings. The van der Waals surface area contributed by atoms with Gasteiger partial charge in [0.05, 0.1) is 17.0 Å². The van der Waals surface area contributed by atoms with Gasteiger partial charge in [-0.15, -0.1) is 0 Å². The van der Waals surface area contributed by atoms with E-state index in [1.807, 2.05) is 0 Å². The van der Waals surface area contributed by atoms with Crippen LogP contribution in [0.4, 0.5) is 15.8 Å². The van der Waals surface area contributed by atoms with Gasteiger partial charge in [-0.25, -0.2) is 12.8 Å². The SMILES string of the molecule is Cc1ccc(C(=O)Nc2ccc(F)c(Cl)c2)cc1NS(C)(=O)=O. The van der Waals surface area contributed by atoms with Crippen molar-refractivity contribution in [1.82, 2.24) is 0 Å². The summed E-state index contributed by atoms with van der Waals surface area (Å²) in [7, 11) is -3.45. The topological polar surface area (TPSA) is 75.3 Å². The predicted octanol–water partition coefficient (Wildman–Crippen LogP) is 3.41. The fraction of sp³-hybridized carbons (Fsp3) is 0.133. The number of benzene rings is 2. The Morgan fingerprint density at radius 2 is 1.87 bits per heavy atom. The molecule has 23 heavy (non-hydrogen) atoms. The molecule has 0 heterocycles. The summed E-state index contributed by atoms with van der Waals surface area (Å²) in [5.41, 5.74) is 1.58. The maximum absolute atomic E-state index is 13.1. The minimum absolute atomic E-state index is 0.105. The normalized spacial score (nSPS) is 11.1. The van der Waals surface area contributed by atoms with E-state index >= 15 is 0 Å². The second-order valence-electron chi connectivity index (χ2n) is 4.99. The van der Waals surface area contributed by atoms with E-state index in [0.717, 1.165) is 12.3 Å². The van der Waals surface area contributed by atoms with E-state index in [-0.39, 0.29) is 10.6 Å². The Morgan fingerprint density at radius 3 is 2.48 bits per heavy atom. The fourth-order valence-corrected chi connectivity index (χ4v) is 2.65. The summed E-state index contributed by atoms with van der Waals surface area (Å²) in [6, 6.07) is 8.42. The van der Waals surface area contributed by atoms with Crippen molar-refractivity contribution in [1.29, 1.82) is 0 Å². The Bertz CT molecular complexity index is 869. The van der Waals surface area contributed by atoms with E-state index in [1.54, 1.807) is 19.1 Å². The average Bonchev–Trinajstić information content (AvgIpc) is 2.44. The molecule has 0 fully saturated rings. The summed E-state index contributed by atoms with van der Waals surface area (Å²) >= 11 is 5.66. The monoisotopic (exact) mass is 356 g/mol. The van der Waals surface area contributed by atoms with Crippen LogP contribution in [0.2, 0.25) is 5.02 Å². The molecule has 2 aromatic carbocycles. The minimum Gasteiger partial charge on any atom is -0.322 e. The number of halogens is 2. The lowest BCUT2D eigenvalue weighted by Crippen LogP contribution is -2.14. The van der Waals surface area contributed by atoms with E-state index in [2.05, 4.69) is 10.0 Å². The molecule has 0 aromatic heterocycles. The number of rotatable bonds is 4. The highest BCUT2D eigenvalue weighted by Gasteiger charge is 2.12. The van der Waals surface area contributed by atoms with Crippen LogP contribution in [-0.4, -0.2) is 20.6 Å². The van der Waals surface area contributed by atoms with Crippen molar-refractivity contribution in [3.05, 3.63) is 58.4 Å². The van der Waals surface area contributed by atoms with Crippen molar-refractivity contribution in [3.63, 3.8) is 0 Å². The van der Waals surface area contributed by atoms with E-state index in [4.69, 9.17) is 11.6 Å². The second kappa shape index (κ2) is 6.55. The summed E-state index contributed by atoms with van der Waals surface area (Å²) in [6.45, 7) is 1.72. The van der Waals surface area contributed by atoms with Gasteiger partial charge in [-0.1, -0.05) is 17.7 Å². The first kappa shape index (κ1) is 17.2. The van der Waals surface area contributed by atoms with Crippen molar-refractivity contribution < 1.29 is 17.6 Å². The van der Waals surface area contributed by atoms with Crippen molar-refractivity contribution in [2.75, 3.05) is 16.3 Å². The van der Waals surface area contributed by atoms with Crippen LogP contribution in [0.25, 0.3) is 0 Å². The van der Waals surface area contributed by atoms with E-state index in [1.165, 1.54) is 18.2 Å². The quantitative estimate of drug-likeness (QED) is 0.881. The third-order valence-electron chi connectivity index (χ3n) is 2.97. The Kier molecular flexibility index (Phi) is 4.91. The maximum atomic E-state index is 13.1. The largest absolute Gasteiger partial charge is 0.322 e. The Labute approximate surface area is 138 Å². The van der Waals surface area contributed by atoms with Crippen molar-refractivity contribution in [2.24, 2.45) is 0 Å². The van der Waals surface area contributed by atoms with Crippen molar-refractivity contribution in [2.45, 2.75) is 6.92 Å². The molecule has 8 heteroatoms. The summed E-state index contributed by atoms with van der Waals surface area (Å²) in [5, 5.41) is 2.46. The molecule has 0 saturated carbocycles. The van der Waals surface area contributed by atoms with Gasteiger partial charge in [-0.2, -0.15) is 0 Å². The fourth-order valence-electron chi connectivity index (χ4n) is 1.85. The van der Waals surface area contributed by atoms with Gasteiger partial charge >= 0.3 is 0 Å². The Hall–Kier alpha value is -2.12. The number of aryl methyl sites for hydroxylation is 1. The molecule has 0 bridgehead atoms. The van der Waals surface area contributed by atoms with E-state index in [0.29, 0.717) is 16.9 Å². The zero-order valence-corrected chi connectivity index (χ0v) is 13.9. The standard InChI is InChI=1S/C15H14ClFN2O3S/c1-9-3-4-10(7-14(9)19-23(2,21)22)15(20)18-11-5-6-13(17)12(16)8-11/h3-8,19H,1-2H3,(H,18,20). The Morgan fingerprint density at radius 1 is 1.17 bits per heavy atom. The first-order valence-electron chi connectivity index (χ1n) is 6.50. The van der Waals surface area contributed by atoms with Gasteiger partial charge in [-0.05, 0) is 42.8 Å². The number of amides is 1. The smallest absolute Gasteiger partial charge is 0.255 e. The van der Waals surface area contributed by atoms with Crippen molar-refractivity contribution in [3.8, 4) is 0 Å². The molecule has 1 amide bonds. The number of hydrogen-bond donors (Lipinski definition) is 2. The highest BCUT2D eigenvalue weighted by molar-refractivity contribution is 7.92. The molecule has 0 spiro atoms. The number of nitrogens with one attached hydrogen (secondary N) is 2. The molecule has 0 radical (unpaired) electrons. The summed E-state index contributed by atoms with van der Waals surface area (Å²) in [6.07, 6.45) is 1.03. The number of sulfonamides is 1. The Balaban J connectivity index is 2.25. The number of hydrogen-bond acceptors (Lipinski definition) is 3. The molecule has 2 N–H and O–H groups in total. The zero-order chi connectivity index (χ0) is 17.2. The van der Waals surface area contributed by atoms with Gasteiger partial charge < -0.3 is 5.32 Å². The van der Waals surface area contributed by atoms with Gasteiger partial charge in [0.25, 0.3) is 5.91 Å². The molecule has 0 aliphatic carbocycles. The molecule has 0 saturated heterocycles. The zero-order valence-electron chi connectivity index (χ0n) is 12.4. The molecule has 0 aliphatic rings. The summed E-state index contributed by atoms with van der Waals surface area (Å²) in [5.74, 6) is -1.05. The van der Waals surface area contributed by atoms with Crippen LogP contribution >= 0.6 is 11.6 Å². The minimum atomic E-state index is -3.45. The number of anilines is 2. The van der Waals surface area contributed by atoms with Crippen LogP contribution in [0.1, 0.15) is 15.9 Å². The van der Waals surface area contributed by atoms with Crippen LogP contribution in [0.15, 0.2) is 36.4 Å². The first-order chi connectivity index (χ1) is 10.7. The van der Waals surface area contributed by atoms with E-state index < -0.39 is 21.7 Å². The lowest BCUT2D eigenvalue weighted by molar-refractivity contribution is 0.102. The number of carbonyl (C=O) groups excluding carboxylic acids is 1. The molecule has 122 valence electrons. The maximum Gasteiger partial charge on any atom is 0.255 e. The molecule has 5 nitrogen and oxygen atoms in total. The molecule has 0 atom stereocenters. The third-order valence-corrected chi connectivity index (χ3v) is 3.85. The van der Waals surface area contributed by atoms with Crippen molar-refractivity contribution >= 4 is 38.9 Å².